The van der Waals surface area contributed by atoms with Gasteiger partial charge in [0.25, 0.3) is 0 Å². The number of phenols is 1. The van der Waals surface area contributed by atoms with Gasteiger partial charge in [-0.3, -0.25) is 0 Å². The first-order valence-electron chi connectivity index (χ1n) is 4.85. The van der Waals surface area contributed by atoms with Gasteiger partial charge in [0.2, 0.25) is 0 Å². The number of nitrogens with two attached hydrogens (primary N) is 1. The summed E-state index contributed by atoms with van der Waals surface area (Å²) in [6.07, 6.45) is 0.679. The fourth-order valence-corrected chi connectivity index (χ4v) is 1.64. The maximum Gasteiger partial charge on any atom is 0.137 e. The lowest BCUT2D eigenvalue weighted by Crippen LogP contribution is -2.14. The molecule has 4 heteroatoms. The highest BCUT2D eigenvalue weighted by atomic mass is 35.5. The second kappa shape index (κ2) is 4.81. The van der Waals surface area contributed by atoms with Crippen molar-refractivity contribution in [3.8, 4) is 5.75 Å². The van der Waals surface area contributed by atoms with E-state index in [0.717, 1.165) is 6.07 Å². The van der Waals surface area contributed by atoms with Gasteiger partial charge in [-0.25, -0.2) is 4.39 Å². The third kappa shape index (κ3) is 3.08. The normalized spacial score (nSPS) is 13.2. The molecule has 15 heavy (non-hydrogen) atoms. The van der Waals surface area contributed by atoms with Gasteiger partial charge in [0.1, 0.15) is 11.6 Å². The Morgan fingerprint density at radius 1 is 1.47 bits per heavy atom. The molecule has 0 radical (unpaired) electrons. The van der Waals surface area contributed by atoms with Crippen LogP contribution in [0.1, 0.15) is 31.9 Å². The summed E-state index contributed by atoms with van der Waals surface area (Å²) in [6, 6.07) is 2.00. The lowest BCUT2D eigenvalue weighted by atomic mass is 9.97. The fraction of sp³-hybridized carbons (Fsp3) is 0.455. The predicted octanol–water partition coefficient (Wildman–Crippen LogP) is 3.23. The lowest BCUT2D eigenvalue weighted by molar-refractivity contribution is 0.460. The van der Waals surface area contributed by atoms with E-state index in [4.69, 9.17) is 17.3 Å². The van der Waals surface area contributed by atoms with Gasteiger partial charge >= 0.3 is 0 Å². The zero-order valence-electron chi connectivity index (χ0n) is 8.80. The Morgan fingerprint density at radius 3 is 2.60 bits per heavy atom. The Bertz CT molecular complexity index is 355. The van der Waals surface area contributed by atoms with Gasteiger partial charge in [-0.2, -0.15) is 0 Å². The Hall–Kier alpha value is -0.800. The van der Waals surface area contributed by atoms with E-state index in [9.17, 15) is 9.50 Å². The molecule has 3 N–H and O–H groups in total. The minimum absolute atomic E-state index is 0.130. The molecular formula is C11H15ClFNO. The molecule has 0 aliphatic heterocycles. The second-order valence-electron chi connectivity index (χ2n) is 4.06. The summed E-state index contributed by atoms with van der Waals surface area (Å²) in [4.78, 5) is 0. The van der Waals surface area contributed by atoms with Crippen molar-refractivity contribution in [2.24, 2.45) is 11.7 Å². The van der Waals surface area contributed by atoms with E-state index in [2.05, 4.69) is 0 Å². The van der Waals surface area contributed by atoms with Gasteiger partial charge in [0.05, 0.1) is 5.02 Å². The predicted molar refractivity (Wildman–Crippen MR) is 59.5 cm³/mol. The molecule has 2 nitrogen and oxygen atoms in total. The molecule has 0 saturated heterocycles. The molecule has 1 unspecified atom stereocenters. The number of benzene rings is 1. The maximum atomic E-state index is 13.4. The van der Waals surface area contributed by atoms with Crippen LogP contribution in [0.15, 0.2) is 12.1 Å². The molecule has 1 aromatic rings. The highest BCUT2D eigenvalue weighted by molar-refractivity contribution is 6.32. The van der Waals surface area contributed by atoms with Gasteiger partial charge in [-0.05, 0) is 18.4 Å². The van der Waals surface area contributed by atoms with Crippen LogP contribution in [0.3, 0.4) is 0 Å². The first-order valence-corrected chi connectivity index (χ1v) is 5.23. The first-order chi connectivity index (χ1) is 6.91. The fourth-order valence-electron chi connectivity index (χ4n) is 1.47. The molecule has 0 spiro atoms. The molecule has 0 saturated carbocycles. The molecule has 1 rings (SSSR count). The number of hydrogen-bond acceptors (Lipinski definition) is 2. The Kier molecular flexibility index (Phi) is 3.94. The zero-order chi connectivity index (χ0) is 11.6. The molecule has 0 aromatic heterocycles. The van der Waals surface area contributed by atoms with Gasteiger partial charge in [-0.1, -0.05) is 25.4 Å². The highest BCUT2D eigenvalue weighted by Gasteiger charge is 2.15. The van der Waals surface area contributed by atoms with Crippen LogP contribution in [0.5, 0.6) is 5.75 Å². The van der Waals surface area contributed by atoms with E-state index in [1.807, 2.05) is 13.8 Å². The van der Waals surface area contributed by atoms with Gasteiger partial charge in [0.15, 0.2) is 0 Å². The average Bonchev–Trinajstić information content (AvgIpc) is 2.09. The third-order valence-corrected chi connectivity index (χ3v) is 2.49. The SMILES string of the molecule is CC(C)CC(N)c1cc(Cl)c(O)cc1F. The van der Waals surface area contributed by atoms with E-state index in [1.54, 1.807) is 0 Å². The van der Waals surface area contributed by atoms with E-state index in [0.29, 0.717) is 17.9 Å². The number of phenolic OH excluding ortho intramolecular Hbond substituents is 1. The van der Waals surface area contributed by atoms with Crippen molar-refractivity contribution in [3.63, 3.8) is 0 Å². The molecule has 0 amide bonds. The summed E-state index contributed by atoms with van der Waals surface area (Å²) in [5, 5.41) is 9.31. The van der Waals surface area contributed by atoms with Gasteiger partial charge in [0, 0.05) is 17.7 Å². The third-order valence-electron chi connectivity index (χ3n) is 2.19. The summed E-state index contributed by atoms with van der Waals surface area (Å²) in [5.74, 6) is -0.383. The Labute approximate surface area is 93.9 Å². The van der Waals surface area contributed by atoms with Crippen molar-refractivity contribution in [2.75, 3.05) is 0 Å². The number of rotatable bonds is 3. The topological polar surface area (TPSA) is 46.2 Å². The molecule has 1 aromatic carbocycles. The molecule has 0 fully saturated rings. The zero-order valence-corrected chi connectivity index (χ0v) is 9.55. The Balaban J connectivity index is 2.98. The second-order valence-corrected chi connectivity index (χ2v) is 4.47. The molecular weight excluding hydrogens is 217 g/mol. The smallest absolute Gasteiger partial charge is 0.137 e. The minimum atomic E-state index is -0.509. The van der Waals surface area contributed by atoms with Crippen LogP contribution >= 0.6 is 11.6 Å². The number of hydrogen-bond donors (Lipinski definition) is 2. The minimum Gasteiger partial charge on any atom is -0.506 e. The van der Waals surface area contributed by atoms with Crippen molar-refractivity contribution in [1.29, 1.82) is 0 Å². The molecule has 0 heterocycles. The summed E-state index contributed by atoms with van der Waals surface area (Å²) < 4.78 is 13.4. The molecule has 0 bridgehead atoms. The van der Waals surface area contributed by atoms with Crippen LogP contribution in [-0.4, -0.2) is 5.11 Å². The van der Waals surface area contributed by atoms with Crippen LogP contribution < -0.4 is 5.73 Å². The molecule has 0 aliphatic carbocycles. The van der Waals surface area contributed by atoms with Crippen molar-refractivity contribution in [3.05, 3.63) is 28.5 Å². The van der Waals surface area contributed by atoms with E-state index < -0.39 is 5.82 Å². The number of halogens is 2. The van der Waals surface area contributed by atoms with E-state index >= 15 is 0 Å². The molecule has 1 atom stereocenters. The Morgan fingerprint density at radius 2 is 2.07 bits per heavy atom. The van der Waals surface area contributed by atoms with Crippen molar-refractivity contribution < 1.29 is 9.50 Å². The molecule has 0 aliphatic rings. The highest BCUT2D eigenvalue weighted by Crippen LogP contribution is 2.30. The van der Waals surface area contributed by atoms with Crippen molar-refractivity contribution in [1.82, 2.24) is 0 Å². The maximum absolute atomic E-state index is 13.4. The summed E-state index contributed by atoms with van der Waals surface area (Å²) in [6.45, 7) is 4.03. The monoisotopic (exact) mass is 231 g/mol. The largest absolute Gasteiger partial charge is 0.506 e. The van der Waals surface area contributed by atoms with Crippen LogP contribution in [0, 0.1) is 11.7 Å². The standard InChI is InChI=1S/C11H15ClFNO/c1-6(2)3-10(14)7-4-8(12)11(15)5-9(7)13/h4-6,10,15H,3,14H2,1-2H3. The van der Waals surface area contributed by atoms with Crippen molar-refractivity contribution >= 4 is 11.6 Å². The van der Waals surface area contributed by atoms with Crippen LogP contribution in [-0.2, 0) is 0 Å². The van der Waals surface area contributed by atoms with Crippen molar-refractivity contribution in [2.45, 2.75) is 26.3 Å². The first kappa shape index (κ1) is 12.3. The quantitative estimate of drug-likeness (QED) is 0.839. The van der Waals surface area contributed by atoms with Crippen LogP contribution in [0.25, 0.3) is 0 Å². The summed E-state index contributed by atoms with van der Waals surface area (Å²) in [7, 11) is 0. The average molecular weight is 232 g/mol. The lowest BCUT2D eigenvalue weighted by Gasteiger charge is -2.15. The summed E-state index contributed by atoms with van der Waals surface area (Å²) >= 11 is 5.69. The summed E-state index contributed by atoms with van der Waals surface area (Å²) in [5.41, 5.74) is 6.19. The van der Waals surface area contributed by atoms with Crippen LogP contribution in [0.4, 0.5) is 4.39 Å². The van der Waals surface area contributed by atoms with Gasteiger partial charge in [-0.15, -0.1) is 0 Å². The van der Waals surface area contributed by atoms with Crippen LogP contribution in [0.2, 0.25) is 5.02 Å². The van der Waals surface area contributed by atoms with E-state index in [-0.39, 0.29) is 16.8 Å². The van der Waals surface area contributed by atoms with Gasteiger partial charge < -0.3 is 10.8 Å². The van der Waals surface area contributed by atoms with E-state index in [1.165, 1.54) is 6.07 Å². The molecule has 84 valence electrons. The number of aromatic hydroxyl groups is 1.